The van der Waals surface area contributed by atoms with Crippen molar-refractivity contribution in [1.82, 2.24) is 4.98 Å². The Morgan fingerprint density at radius 3 is 2.83 bits per heavy atom. The molecule has 2 aromatic rings. The molecule has 2 rings (SSSR count). The van der Waals surface area contributed by atoms with Gasteiger partial charge < -0.3 is 16.5 Å². The van der Waals surface area contributed by atoms with E-state index in [1.54, 1.807) is 12.3 Å². The maximum atomic E-state index is 10.9. The molecule has 0 spiro atoms. The minimum absolute atomic E-state index is 0.00371. The molecule has 5 N–H and O–H groups in total. The number of nitro benzene ring substituents is 1. The summed E-state index contributed by atoms with van der Waals surface area (Å²) in [5.74, 6) is -0.602. The summed E-state index contributed by atoms with van der Waals surface area (Å²) in [6, 6.07) is 3.68. The number of non-ortho nitro benzene ring substituents is 1. The summed E-state index contributed by atoms with van der Waals surface area (Å²) in [7, 11) is 0. The Morgan fingerprint density at radius 2 is 2.22 bits per heavy atom. The van der Waals surface area contributed by atoms with Gasteiger partial charge in [0.15, 0.2) is 0 Å². The van der Waals surface area contributed by atoms with E-state index < -0.39 is 16.9 Å². The van der Waals surface area contributed by atoms with Crippen LogP contribution in [0.4, 0.5) is 5.69 Å². The van der Waals surface area contributed by atoms with Gasteiger partial charge in [0.2, 0.25) is 5.91 Å². The molecule has 1 amide bonds. The Morgan fingerprint density at radius 1 is 1.50 bits per heavy atom. The van der Waals surface area contributed by atoms with E-state index in [9.17, 15) is 14.9 Å². The quantitative estimate of drug-likeness (QED) is 0.535. The van der Waals surface area contributed by atoms with E-state index in [0.717, 1.165) is 11.1 Å². The fraction of sp³-hybridized carbons (Fsp3) is 0.182. The van der Waals surface area contributed by atoms with Crippen molar-refractivity contribution in [3.63, 3.8) is 0 Å². The van der Waals surface area contributed by atoms with Gasteiger partial charge in [-0.3, -0.25) is 14.9 Å². The van der Waals surface area contributed by atoms with Gasteiger partial charge in [-0.05, 0) is 18.1 Å². The predicted molar refractivity (Wildman–Crippen MR) is 65.8 cm³/mol. The fourth-order valence-corrected chi connectivity index (χ4v) is 1.79. The van der Waals surface area contributed by atoms with E-state index in [1.165, 1.54) is 12.1 Å². The Balaban J connectivity index is 2.42. The minimum atomic E-state index is -0.803. The molecular formula is C11H12N4O3. The Labute approximate surface area is 102 Å². The van der Waals surface area contributed by atoms with Gasteiger partial charge in [-0.1, -0.05) is 0 Å². The summed E-state index contributed by atoms with van der Waals surface area (Å²) in [6.07, 6.45) is 1.92. The van der Waals surface area contributed by atoms with Crippen LogP contribution in [0.1, 0.15) is 5.56 Å². The highest BCUT2D eigenvalue weighted by Crippen LogP contribution is 2.24. The number of fused-ring (bicyclic) bond motifs is 1. The maximum Gasteiger partial charge on any atom is 0.270 e. The lowest BCUT2D eigenvalue weighted by Gasteiger charge is -2.05. The van der Waals surface area contributed by atoms with Crippen LogP contribution in [0.5, 0.6) is 0 Å². The summed E-state index contributed by atoms with van der Waals surface area (Å²) in [5, 5.41) is 11.4. The monoisotopic (exact) mass is 248 g/mol. The number of hydrogen-bond acceptors (Lipinski definition) is 4. The Kier molecular flexibility index (Phi) is 2.99. The van der Waals surface area contributed by atoms with Gasteiger partial charge in [-0.25, -0.2) is 0 Å². The van der Waals surface area contributed by atoms with Gasteiger partial charge in [0.05, 0.1) is 11.0 Å². The van der Waals surface area contributed by atoms with Gasteiger partial charge in [0.1, 0.15) is 0 Å². The number of carbonyl (C=O) groups excluding carboxylic acids is 1. The van der Waals surface area contributed by atoms with Gasteiger partial charge in [-0.15, -0.1) is 0 Å². The molecule has 7 heteroatoms. The highest BCUT2D eigenvalue weighted by molar-refractivity contribution is 5.87. The van der Waals surface area contributed by atoms with Crippen molar-refractivity contribution in [3.8, 4) is 0 Å². The highest BCUT2D eigenvalue weighted by Gasteiger charge is 2.15. The maximum absolute atomic E-state index is 10.9. The predicted octanol–water partition coefficient (Wildman–Crippen LogP) is 0.431. The second kappa shape index (κ2) is 4.46. The lowest BCUT2D eigenvalue weighted by molar-refractivity contribution is -0.384. The van der Waals surface area contributed by atoms with E-state index in [0.29, 0.717) is 5.39 Å². The van der Waals surface area contributed by atoms with Gasteiger partial charge in [-0.2, -0.15) is 0 Å². The van der Waals surface area contributed by atoms with Crippen LogP contribution in [0.15, 0.2) is 24.4 Å². The average molecular weight is 248 g/mol. The second-order valence-electron chi connectivity index (χ2n) is 4.01. The van der Waals surface area contributed by atoms with Gasteiger partial charge in [0, 0.05) is 29.2 Å². The molecule has 1 aromatic carbocycles. The molecule has 7 nitrogen and oxygen atoms in total. The number of aromatic amines is 1. The zero-order valence-corrected chi connectivity index (χ0v) is 9.42. The normalized spacial score (nSPS) is 12.5. The summed E-state index contributed by atoms with van der Waals surface area (Å²) in [4.78, 5) is 24.1. The molecule has 0 saturated carbocycles. The lowest BCUT2D eigenvalue weighted by Crippen LogP contribution is -2.38. The zero-order chi connectivity index (χ0) is 13.3. The molecule has 0 aliphatic carbocycles. The number of nitrogens with two attached hydrogens (primary N) is 2. The first kappa shape index (κ1) is 12.1. The molecule has 0 aliphatic heterocycles. The first-order chi connectivity index (χ1) is 8.49. The molecule has 0 fully saturated rings. The van der Waals surface area contributed by atoms with Crippen molar-refractivity contribution >= 4 is 22.5 Å². The highest BCUT2D eigenvalue weighted by atomic mass is 16.6. The standard InChI is InChI=1S/C11H12N4O3/c12-9(11(13)16)3-6-5-14-10-2-1-7(15(17)18)4-8(6)10/h1-2,4-5,9,14H,3,12H2,(H2,13,16). The lowest BCUT2D eigenvalue weighted by atomic mass is 10.0. The number of hydrogen-bond donors (Lipinski definition) is 3. The van der Waals surface area contributed by atoms with Gasteiger partial charge in [0.25, 0.3) is 5.69 Å². The molecule has 94 valence electrons. The van der Waals surface area contributed by atoms with Gasteiger partial charge >= 0.3 is 0 Å². The van der Waals surface area contributed by atoms with Crippen molar-refractivity contribution in [2.75, 3.05) is 0 Å². The molecule has 18 heavy (non-hydrogen) atoms. The van der Waals surface area contributed by atoms with E-state index in [2.05, 4.69) is 4.98 Å². The number of nitrogens with zero attached hydrogens (tertiary/aromatic N) is 1. The molecule has 1 atom stereocenters. The number of H-pyrrole nitrogens is 1. The Bertz CT molecular complexity index is 620. The van der Waals surface area contributed by atoms with Crippen LogP contribution in [0.25, 0.3) is 10.9 Å². The third-order valence-electron chi connectivity index (χ3n) is 2.77. The van der Waals surface area contributed by atoms with Crippen LogP contribution in [-0.4, -0.2) is 21.9 Å². The number of carbonyl (C=O) groups is 1. The van der Waals surface area contributed by atoms with E-state index in [1.807, 2.05) is 0 Å². The fourth-order valence-electron chi connectivity index (χ4n) is 1.79. The molecule has 1 unspecified atom stereocenters. The smallest absolute Gasteiger partial charge is 0.270 e. The number of nitro groups is 1. The SMILES string of the molecule is NC(=O)C(N)Cc1c[nH]c2ccc([N+](=O)[O-])cc12. The summed E-state index contributed by atoms with van der Waals surface area (Å²) >= 11 is 0. The van der Waals surface area contributed by atoms with Crippen LogP contribution < -0.4 is 11.5 Å². The van der Waals surface area contributed by atoms with Crippen molar-refractivity contribution < 1.29 is 9.72 Å². The van der Waals surface area contributed by atoms with E-state index >= 15 is 0 Å². The van der Waals surface area contributed by atoms with Crippen LogP contribution in [0, 0.1) is 10.1 Å². The number of rotatable bonds is 4. The molecule has 1 aromatic heterocycles. The van der Waals surface area contributed by atoms with Crippen molar-refractivity contribution in [1.29, 1.82) is 0 Å². The third-order valence-corrected chi connectivity index (χ3v) is 2.77. The average Bonchev–Trinajstić information content (AvgIpc) is 2.71. The summed E-state index contributed by atoms with van der Waals surface area (Å²) < 4.78 is 0. The topological polar surface area (TPSA) is 128 Å². The molecule has 0 radical (unpaired) electrons. The molecular weight excluding hydrogens is 236 g/mol. The van der Waals surface area contributed by atoms with Crippen LogP contribution in [0.2, 0.25) is 0 Å². The van der Waals surface area contributed by atoms with E-state index in [-0.39, 0.29) is 12.1 Å². The largest absolute Gasteiger partial charge is 0.368 e. The molecule has 0 bridgehead atoms. The number of nitrogens with one attached hydrogen (secondary N) is 1. The second-order valence-corrected chi connectivity index (χ2v) is 4.01. The zero-order valence-electron chi connectivity index (χ0n) is 9.42. The first-order valence-electron chi connectivity index (χ1n) is 5.28. The summed E-state index contributed by atoms with van der Waals surface area (Å²) in [5.41, 5.74) is 12.2. The van der Waals surface area contributed by atoms with Crippen molar-refractivity contribution in [3.05, 3.63) is 40.1 Å². The van der Waals surface area contributed by atoms with Crippen LogP contribution in [0.3, 0.4) is 0 Å². The molecule has 0 aliphatic rings. The molecule has 0 saturated heterocycles. The third kappa shape index (κ3) is 2.16. The van der Waals surface area contributed by atoms with E-state index in [4.69, 9.17) is 11.5 Å². The number of amides is 1. The Hall–Kier alpha value is -2.41. The minimum Gasteiger partial charge on any atom is -0.368 e. The number of aromatic nitrogens is 1. The number of primary amides is 1. The van der Waals surface area contributed by atoms with Crippen molar-refractivity contribution in [2.24, 2.45) is 11.5 Å². The first-order valence-corrected chi connectivity index (χ1v) is 5.28. The van der Waals surface area contributed by atoms with Crippen LogP contribution in [-0.2, 0) is 11.2 Å². The number of benzene rings is 1. The van der Waals surface area contributed by atoms with Crippen molar-refractivity contribution in [2.45, 2.75) is 12.5 Å². The van der Waals surface area contributed by atoms with Crippen LogP contribution >= 0.6 is 0 Å². The molecule has 1 heterocycles. The summed E-state index contributed by atoms with van der Waals surface area (Å²) in [6.45, 7) is 0.